The Hall–Kier alpha value is -1.73. The van der Waals surface area contributed by atoms with Gasteiger partial charge in [-0.05, 0) is 33.8 Å². The van der Waals surface area contributed by atoms with Crippen molar-refractivity contribution in [1.29, 1.82) is 0 Å². The molecule has 112 valence electrons. The SMILES string of the molecule is CNC(=O)c1cc(C=O)c(B2OC(C)(C)C(C)(C)O2)cn1. The molecule has 0 atom stereocenters. The molecule has 1 aliphatic rings. The molecule has 6 nitrogen and oxygen atoms in total. The smallest absolute Gasteiger partial charge is 0.399 e. The Morgan fingerprint density at radius 2 is 1.86 bits per heavy atom. The summed E-state index contributed by atoms with van der Waals surface area (Å²) < 4.78 is 11.8. The predicted molar refractivity (Wildman–Crippen MR) is 78.7 cm³/mol. The van der Waals surface area contributed by atoms with E-state index < -0.39 is 18.3 Å². The van der Waals surface area contributed by atoms with E-state index in [1.807, 2.05) is 27.7 Å². The van der Waals surface area contributed by atoms with Crippen molar-refractivity contribution in [3.63, 3.8) is 0 Å². The fourth-order valence-electron chi connectivity index (χ4n) is 2.00. The summed E-state index contributed by atoms with van der Waals surface area (Å²) in [5.74, 6) is -0.349. The van der Waals surface area contributed by atoms with E-state index in [2.05, 4.69) is 10.3 Å². The van der Waals surface area contributed by atoms with E-state index in [4.69, 9.17) is 9.31 Å². The summed E-state index contributed by atoms with van der Waals surface area (Å²) in [6.07, 6.45) is 2.13. The van der Waals surface area contributed by atoms with E-state index in [0.29, 0.717) is 17.3 Å². The highest BCUT2D eigenvalue weighted by atomic mass is 16.7. The second-order valence-corrected chi connectivity index (χ2v) is 5.98. The van der Waals surface area contributed by atoms with Gasteiger partial charge in [-0.25, -0.2) is 0 Å². The summed E-state index contributed by atoms with van der Waals surface area (Å²) in [5.41, 5.74) is 0.0347. The first kappa shape index (κ1) is 15.7. The highest BCUT2D eigenvalue weighted by molar-refractivity contribution is 6.63. The van der Waals surface area contributed by atoms with Crippen molar-refractivity contribution in [2.45, 2.75) is 38.9 Å². The number of pyridine rings is 1. The first-order chi connectivity index (χ1) is 9.71. The Morgan fingerprint density at radius 1 is 1.29 bits per heavy atom. The lowest BCUT2D eigenvalue weighted by molar-refractivity contribution is 0.00578. The van der Waals surface area contributed by atoms with Gasteiger partial charge in [0.2, 0.25) is 0 Å². The van der Waals surface area contributed by atoms with E-state index >= 15 is 0 Å². The maximum absolute atomic E-state index is 11.6. The molecule has 0 saturated carbocycles. The van der Waals surface area contributed by atoms with Gasteiger partial charge in [0.25, 0.3) is 5.91 Å². The number of nitrogens with one attached hydrogen (secondary N) is 1. The van der Waals surface area contributed by atoms with Gasteiger partial charge in [0.1, 0.15) is 12.0 Å². The zero-order valence-electron chi connectivity index (χ0n) is 12.9. The molecule has 1 fully saturated rings. The fourth-order valence-corrected chi connectivity index (χ4v) is 2.00. The van der Waals surface area contributed by atoms with Gasteiger partial charge in [-0.15, -0.1) is 0 Å². The Morgan fingerprint density at radius 3 is 2.33 bits per heavy atom. The van der Waals surface area contributed by atoms with E-state index in [1.54, 1.807) is 0 Å². The maximum atomic E-state index is 11.6. The van der Waals surface area contributed by atoms with Crippen molar-refractivity contribution in [3.8, 4) is 0 Å². The van der Waals surface area contributed by atoms with E-state index in [0.717, 1.165) is 0 Å². The minimum atomic E-state index is -0.679. The average molecular weight is 290 g/mol. The van der Waals surface area contributed by atoms with Crippen LogP contribution in [0, 0.1) is 0 Å². The number of carbonyl (C=O) groups excluding carboxylic acids is 2. The van der Waals surface area contributed by atoms with Gasteiger partial charge in [0.05, 0.1) is 11.2 Å². The lowest BCUT2D eigenvalue weighted by atomic mass is 9.77. The third-order valence-electron chi connectivity index (χ3n) is 4.06. The number of amides is 1. The van der Waals surface area contributed by atoms with Gasteiger partial charge in [-0.3, -0.25) is 14.6 Å². The van der Waals surface area contributed by atoms with E-state index in [9.17, 15) is 9.59 Å². The minimum Gasteiger partial charge on any atom is -0.399 e. The predicted octanol–water partition coefficient (Wildman–Crippen LogP) is 0.553. The monoisotopic (exact) mass is 290 g/mol. The molecule has 2 rings (SSSR count). The lowest BCUT2D eigenvalue weighted by Gasteiger charge is -2.32. The molecule has 0 aliphatic carbocycles. The van der Waals surface area contributed by atoms with Crippen LogP contribution in [0.3, 0.4) is 0 Å². The molecule has 1 aliphatic heterocycles. The standard InChI is InChI=1S/C14H19BN2O4/c1-13(2)14(3,4)21-15(20-13)10-7-17-11(12(19)16-5)6-9(10)8-18/h6-8H,1-5H3,(H,16,19). The van der Waals surface area contributed by atoms with E-state index in [-0.39, 0.29) is 11.6 Å². The van der Waals surface area contributed by atoms with Gasteiger partial charge in [0.15, 0.2) is 0 Å². The molecule has 1 amide bonds. The number of carbonyl (C=O) groups is 2. The number of aldehydes is 1. The van der Waals surface area contributed by atoms with Crippen molar-refractivity contribution in [2.75, 3.05) is 7.05 Å². The summed E-state index contributed by atoms with van der Waals surface area (Å²) in [7, 11) is 0.827. The molecule has 0 aromatic carbocycles. The Bertz CT molecular complexity index is 570. The van der Waals surface area contributed by atoms with Crippen LogP contribution in [0.5, 0.6) is 0 Å². The van der Waals surface area contributed by atoms with Crippen LogP contribution in [0.1, 0.15) is 48.5 Å². The summed E-state index contributed by atoms with van der Waals surface area (Å²) >= 11 is 0. The van der Waals surface area contributed by atoms with Crippen LogP contribution in [0.25, 0.3) is 0 Å². The summed E-state index contributed by atoms with van der Waals surface area (Å²) in [6.45, 7) is 7.72. The third kappa shape index (κ3) is 2.71. The normalized spacial score (nSPS) is 19.4. The summed E-state index contributed by atoms with van der Waals surface area (Å²) in [5, 5.41) is 2.47. The van der Waals surface area contributed by atoms with Gasteiger partial charge in [-0.1, -0.05) is 0 Å². The van der Waals surface area contributed by atoms with Gasteiger partial charge in [-0.2, -0.15) is 0 Å². The van der Waals surface area contributed by atoms with Crippen LogP contribution in [-0.4, -0.2) is 42.5 Å². The van der Waals surface area contributed by atoms with Gasteiger partial charge in [0, 0.05) is 24.3 Å². The highest BCUT2D eigenvalue weighted by Crippen LogP contribution is 2.36. The van der Waals surface area contributed by atoms with E-state index in [1.165, 1.54) is 19.3 Å². The van der Waals surface area contributed by atoms with Crippen LogP contribution < -0.4 is 10.8 Å². The zero-order valence-corrected chi connectivity index (χ0v) is 12.9. The molecule has 7 heteroatoms. The van der Waals surface area contributed by atoms with Crippen LogP contribution >= 0.6 is 0 Å². The number of hydrogen-bond acceptors (Lipinski definition) is 5. The first-order valence-corrected chi connectivity index (χ1v) is 6.74. The molecule has 1 N–H and O–H groups in total. The second kappa shape index (κ2) is 5.24. The molecule has 0 spiro atoms. The van der Waals surface area contributed by atoms with Crippen molar-refractivity contribution >= 4 is 24.8 Å². The third-order valence-corrected chi connectivity index (χ3v) is 4.06. The van der Waals surface area contributed by atoms with Crippen molar-refractivity contribution in [1.82, 2.24) is 10.3 Å². The fraction of sp³-hybridized carbons (Fsp3) is 0.500. The molecule has 0 bridgehead atoms. The Labute approximate surface area is 124 Å². The average Bonchev–Trinajstić information content (AvgIpc) is 2.65. The van der Waals surface area contributed by atoms with Gasteiger partial charge < -0.3 is 14.6 Å². The Kier molecular flexibility index (Phi) is 3.90. The first-order valence-electron chi connectivity index (χ1n) is 6.74. The molecule has 1 saturated heterocycles. The number of nitrogens with zero attached hydrogens (tertiary/aromatic N) is 1. The van der Waals surface area contributed by atoms with Crippen LogP contribution in [0.15, 0.2) is 12.3 Å². The lowest BCUT2D eigenvalue weighted by Crippen LogP contribution is -2.41. The summed E-state index contributed by atoms with van der Waals surface area (Å²) in [4.78, 5) is 26.9. The summed E-state index contributed by atoms with van der Waals surface area (Å²) in [6, 6.07) is 1.44. The number of aromatic nitrogens is 1. The van der Waals surface area contributed by atoms with Crippen LogP contribution in [0.4, 0.5) is 0 Å². The number of rotatable bonds is 3. The molecular weight excluding hydrogens is 271 g/mol. The zero-order chi connectivity index (χ0) is 15.8. The maximum Gasteiger partial charge on any atom is 0.497 e. The molecule has 2 heterocycles. The largest absolute Gasteiger partial charge is 0.497 e. The van der Waals surface area contributed by atoms with Crippen LogP contribution in [0.2, 0.25) is 0 Å². The van der Waals surface area contributed by atoms with Crippen molar-refractivity contribution < 1.29 is 18.9 Å². The quantitative estimate of drug-likeness (QED) is 0.650. The van der Waals surface area contributed by atoms with Crippen molar-refractivity contribution in [2.24, 2.45) is 0 Å². The van der Waals surface area contributed by atoms with Crippen molar-refractivity contribution in [3.05, 3.63) is 23.5 Å². The second-order valence-electron chi connectivity index (χ2n) is 5.98. The number of hydrogen-bond donors (Lipinski definition) is 1. The Balaban J connectivity index is 2.38. The topological polar surface area (TPSA) is 77.5 Å². The molecule has 1 aromatic rings. The molecule has 0 radical (unpaired) electrons. The highest BCUT2D eigenvalue weighted by Gasteiger charge is 2.52. The van der Waals surface area contributed by atoms with Gasteiger partial charge >= 0.3 is 7.12 Å². The molecular formula is C14H19BN2O4. The minimum absolute atomic E-state index is 0.180. The molecule has 1 aromatic heterocycles. The molecule has 21 heavy (non-hydrogen) atoms. The van der Waals surface area contributed by atoms with Crippen LogP contribution in [-0.2, 0) is 9.31 Å². The molecule has 0 unspecified atom stereocenters.